The van der Waals surface area contributed by atoms with Crippen LogP contribution in [-0.4, -0.2) is 53.2 Å². The maximum Gasteiger partial charge on any atom is 0.409 e. The number of ether oxygens (including phenoxy) is 1. The van der Waals surface area contributed by atoms with Crippen molar-refractivity contribution >= 4 is 23.5 Å². The lowest BCUT2D eigenvalue weighted by molar-refractivity contribution is 0.0917. The third-order valence-corrected chi connectivity index (χ3v) is 4.28. The van der Waals surface area contributed by atoms with Gasteiger partial charge in [0.25, 0.3) is 5.91 Å². The number of carbonyl (C=O) groups excluding carboxylic acids is 2. The van der Waals surface area contributed by atoms with Gasteiger partial charge in [-0.25, -0.2) is 4.79 Å². The summed E-state index contributed by atoms with van der Waals surface area (Å²) in [6, 6.07) is 0. The number of aryl methyl sites for hydroxylation is 1. The van der Waals surface area contributed by atoms with Crippen LogP contribution in [0.2, 0.25) is 0 Å². The summed E-state index contributed by atoms with van der Waals surface area (Å²) in [7, 11) is 1.39. The molecule has 1 aliphatic rings. The summed E-state index contributed by atoms with van der Waals surface area (Å²) in [5.41, 5.74) is 0.660. The van der Waals surface area contributed by atoms with Crippen molar-refractivity contribution in [2.75, 3.05) is 26.7 Å². The Labute approximate surface area is 121 Å². The molecule has 1 aromatic rings. The molecular formula is C12H18N4O3S. The fraction of sp³-hybridized carbons (Fsp3) is 0.667. The van der Waals surface area contributed by atoms with Crippen LogP contribution < -0.4 is 5.32 Å². The van der Waals surface area contributed by atoms with Crippen LogP contribution in [0.15, 0.2) is 0 Å². The molecule has 1 fully saturated rings. The van der Waals surface area contributed by atoms with E-state index in [9.17, 15) is 9.59 Å². The Hall–Kier alpha value is -1.70. The van der Waals surface area contributed by atoms with Gasteiger partial charge in [0.15, 0.2) is 0 Å². The minimum atomic E-state index is -0.279. The zero-order valence-electron chi connectivity index (χ0n) is 11.6. The molecule has 0 spiro atoms. The molecular weight excluding hydrogens is 280 g/mol. The van der Waals surface area contributed by atoms with Gasteiger partial charge in [-0.1, -0.05) is 4.49 Å². The second kappa shape index (κ2) is 6.65. The van der Waals surface area contributed by atoms with Gasteiger partial charge in [-0.05, 0) is 37.2 Å². The molecule has 0 atom stereocenters. The van der Waals surface area contributed by atoms with Crippen LogP contribution in [0.25, 0.3) is 0 Å². The van der Waals surface area contributed by atoms with Gasteiger partial charge >= 0.3 is 6.09 Å². The van der Waals surface area contributed by atoms with E-state index >= 15 is 0 Å². The quantitative estimate of drug-likeness (QED) is 0.902. The number of amides is 2. The molecule has 0 aromatic carbocycles. The second-order valence-corrected chi connectivity index (χ2v) is 5.55. The second-order valence-electron chi connectivity index (χ2n) is 4.80. The summed E-state index contributed by atoms with van der Waals surface area (Å²) < 4.78 is 8.44. The van der Waals surface area contributed by atoms with Gasteiger partial charge in [0.2, 0.25) is 0 Å². The molecule has 1 aliphatic heterocycles. The van der Waals surface area contributed by atoms with Crippen LogP contribution >= 0.6 is 11.5 Å². The molecule has 2 rings (SSSR count). The minimum Gasteiger partial charge on any atom is -0.453 e. The molecule has 0 saturated carbocycles. The van der Waals surface area contributed by atoms with E-state index in [1.807, 2.05) is 0 Å². The van der Waals surface area contributed by atoms with E-state index in [1.165, 1.54) is 7.11 Å². The van der Waals surface area contributed by atoms with Crippen molar-refractivity contribution in [3.8, 4) is 0 Å². The molecule has 2 amide bonds. The normalized spacial score (nSPS) is 16.0. The Balaban J connectivity index is 1.75. The van der Waals surface area contributed by atoms with E-state index in [-0.39, 0.29) is 12.0 Å². The fourth-order valence-electron chi connectivity index (χ4n) is 2.21. The molecule has 0 radical (unpaired) electrons. The standard InChI is InChI=1S/C12H18N4O3S/c1-8-10(20-15-14-8)11(17)13-7-9-3-5-16(6-4-9)12(18)19-2/h9H,3-7H2,1-2H3,(H,13,17). The molecule has 1 saturated heterocycles. The van der Waals surface area contributed by atoms with Crippen molar-refractivity contribution in [3.05, 3.63) is 10.6 Å². The molecule has 110 valence electrons. The lowest BCUT2D eigenvalue weighted by atomic mass is 9.97. The van der Waals surface area contributed by atoms with E-state index in [0.717, 1.165) is 24.4 Å². The van der Waals surface area contributed by atoms with Gasteiger partial charge in [-0.3, -0.25) is 4.79 Å². The summed E-state index contributed by atoms with van der Waals surface area (Å²) in [5.74, 6) is 0.272. The molecule has 1 aromatic heterocycles. The summed E-state index contributed by atoms with van der Waals surface area (Å²) >= 11 is 1.11. The SMILES string of the molecule is COC(=O)N1CCC(CNC(=O)c2snnc2C)CC1. The first-order valence-electron chi connectivity index (χ1n) is 6.52. The summed E-state index contributed by atoms with van der Waals surface area (Å²) in [4.78, 5) is 25.5. The predicted molar refractivity (Wildman–Crippen MR) is 73.7 cm³/mol. The smallest absolute Gasteiger partial charge is 0.409 e. The minimum absolute atomic E-state index is 0.118. The lowest BCUT2D eigenvalue weighted by Crippen LogP contribution is -2.41. The first-order valence-corrected chi connectivity index (χ1v) is 7.29. The van der Waals surface area contributed by atoms with E-state index in [0.29, 0.717) is 36.1 Å². The maximum atomic E-state index is 11.9. The number of piperidine rings is 1. The zero-order valence-corrected chi connectivity index (χ0v) is 12.4. The molecule has 8 heteroatoms. The van der Waals surface area contributed by atoms with Crippen LogP contribution in [0.4, 0.5) is 4.79 Å². The zero-order chi connectivity index (χ0) is 14.5. The highest BCUT2D eigenvalue weighted by Gasteiger charge is 2.24. The largest absolute Gasteiger partial charge is 0.453 e. The molecule has 2 heterocycles. The average Bonchev–Trinajstić information content (AvgIpc) is 2.90. The van der Waals surface area contributed by atoms with Gasteiger partial charge < -0.3 is 15.0 Å². The number of nitrogens with one attached hydrogen (secondary N) is 1. The van der Waals surface area contributed by atoms with Crippen molar-refractivity contribution in [1.82, 2.24) is 19.8 Å². The monoisotopic (exact) mass is 298 g/mol. The first kappa shape index (κ1) is 14.7. The van der Waals surface area contributed by atoms with Crippen LogP contribution in [0.5, 0.6) is 0 Å². The molecule has 0 aliphatic carbocycles. The van der Waals surface area contributed by atoms with Gasteiger partial charge in [0, 0.05) is 19.6 Å². The number of methoxy groups -OCH3 is 1. The lowest BCUT2D eigenvalue weighted by Gasteiger charge is -2.30. The van der Waals surface area contributed by atoms with Crippen molar-refractivity contribution < 1.29 is 14.3 Å². The Morgan fingerprint density at radius 2 is 2.15 bits per heavy atom. The fourth-order valence-corrected chi connectivity index (χ4v) is 2.78. The Bertz CT molecular complexity index is 483. The molecule has 0 unspecified atom stereocenters. The third-order valence-electron chi connectivity index (χ3n) is 3.46. The van der Waals surface area contributed by atoms with Gasteiger partial charge in [0.05, 0.1) is 12.8 Å². The van der Waals surface area contributed by atoms with Crippen molar-refractivity contribution in [2.24, 2.45) is 5.92 Å². The highest BCUT2D eigenvalue weighted by atomic mass is 32.1. The number of nitrogens with zero attached hydrogens (tertiary/aromatic N) is 3. The molecule has 1 N–H and O–H groups in total. The van der Waals surface area contributed by atoms with E-state index in [2.05, 4.69) is 19.6 Å². The number of hydrogen-bond acceptors (Lipinski definition) is 6. The van der Waals surface area contributed by atoms with Crippen LogP contribution in [0.3, 0.4) is 0 Å². The van der Waals surface area contributed by atoms with Crippen LogP contribution in [0, 0.1) is 12.8 Å². The number of hydrogen-bond donors (Lipinski definition) is 1. The number of rotatable bonds is 3. The van der Waals surface area contributed by atoms with Crippen LogP contribution in [0.1, 0.15) is 28.2 Å². The summed E-state index contributed by atoms with van der Waals surface area (Å²) in [6.07, 6.45) is 1.46. The van der Waals surface area contributed by atoms with Gasteiger partial charge in [0.1, 0.15) is 4.88 Å². The maximum absolute atomic E-state index is 11.9. The molecule has 20 heavy (non-hydrogen) atoms. The number of likely N-dealkylation sites (tertiary alicyclic amines) is 1. The topological polar surface area (TPSA) is 84.4 Å². The Morgan fingerprint density at radius 1 is 1.45 bits per heavy atom. The highest BCUT2D eigenvalue weighted by Crippen LogP contribution is 2.17. The Kier molecular flexibility index (Phi) is 4.89. The van der Waals surface area contributed by atoms with Gasteiger partial charge in [-0.2, -0.15) is 0 Å². The summed E-state index contributed by atoms with van der Waals surface area (Å²) in [6.45, 7) is 3.74. The molecule has 0 bridgehead atoms. The third kappa shape index (κ3) is 3.44. The number of aromatic nitrogens is 2. The van der Waals surface area contributed by atoms with Crippen molar-refractivity contribution in [3.63, 3.8) is 0 Å². The average molecular weight is 298 g/mol. The Morgan fingerprint density at radius 3 is 2.70 bits per heavy atom. The van der Waals surface area contributed by atoms with Crippen molar-refractivity contribution in [1.29, 1.82) is 0 Å². The van der Waals surface area contributed by atoms with Gasteiger partial charge in [-0.15, -0.1) is 5.10 Å². The van der Waals surface area contributed by atoms with E-state index < -0.39 is 0 Å². The van der Waals surface area contributed by atoms with E-state index in [4.69, 9.17) is 0 Å². The van der Waals surface area contributed by atoms with Crippen LogP contribution in [-0.2, 0) is 4.74 Å². The predicted octanol–water partition coefficient (Wildman–Crippen LogP) is 1.05. The first-order chi connectivity index (χ1) is 9.61. The van der Waals surface area contributed by atoms with E-state index in [1.54, 1.807) is 11.8 Å². The van der Waals surface area contributed by atoms with Crippen molar-refractivity contribution in [2.45, 2.75) is 19.8 Å². The molecule has 7 nitrogen and oxygen atoms in total. The summed E-state index contributed by atoms with van der Waals surface area (Å²) in [5, 5.41) is 6.73. The number of carbonyl (C=O) groups is 2. The highest BCUT2D eigenvalue weighted by molar-refractivity contribution is 7.07.